The van der Waals surface area contributed by atoms with Crippen LogP contribution in [0.1, 0.15) is 39.4 Å². The molecule has 10 heteroatoms. The predicted molar refractivity (Wildman–Crippen MR) is 78.6 cm³/mol. The van der Waals surface area contributed by atoms with Crippen molar-refractivity contribution in [3.63, 3.8) is 0 Å². The molecule has 1 rings (SSSR count). The lowest BCUT2D eigenvalue weighted by Gasteiger charge is -2.11. The van der Waals surface area contributed by atoms with Crippen molar-refractivity contribution in [1.29, 1.82) is 0 Å². The van der Waals surface area contributed by atoms with E-state index in [9.17, 15) is 19.2 Å². The first-order valence-electron chi connectivity index (χ1n) is 6.56. The summed E-state index contributed by atoms with van der Waals surface area (Å²) in [5.74, 6) is -5.22. The van der Waals surface area contributed by atoms with Crippen LogP contribution in [0.25, 0.3) is 6.08 Å². The minimum Gasteiger partial charge on any atom is -0.481 e. The van der Waals surface area contributed by atoms with Crippen molar-refractivity contribution in [1.82, 2.24) is 10.3 Å². The zero-order valence-corrected chi connectivity index (χ0v) is 12.2. The zero-order chi connectivity index (χ0) is 18.3. The summed E-state index contributed by atoms with van der Waals surface area (Å²) in [6.45, 7) is 0. The molecule has 0 spiro atoms. The van der Waals surface area contributed by atoms with Gasteiger partial charge >= 0.3 is 23.9 Å². The summed E-state index contributed by atoms with van der Waals surface area (Å²) in [6.07, 6.45) is 1.93. The van der Waals surface area contributed by atoms with E-state index >= 15 is 0 Å². The molecular formula is C14H14N2O8. The summed E-state index contributed by atoms with van der Waals surface area (Å²) in [5, 5.41) is 37.8. The number of rotatable bonds is 9. The van der Waals surface area contributed by atoms with Crippen molar-refractivity contribution in [3.05, 3.63) is 35.3 Å². The second kappa shape index (κ2) is 8.27. The van der Waals surface area contributed by atoms with E-state index in [2.05, 4.69) is 10.3 Å². The Balaban J connectivity index is 2.91. The molecule has 0 unspecified atom stereocenters. The van der Waals surface area contributed by atoms with Gasteiger partial charge in [-0.25, -0.2) is 19.4 Å². The van der Waals surface area contributed by atoms with Crippen LogP contribution >= 0.6 is 0 Å². The number of aliphatic carboxylic acids is 2. The highest BCUT2D eigenvalue weighted by atomic mass is 16.4. The van der Waals surface area contributed by atoms with E-state index in [1.54, 1.807) is 0 Å². The molecule has 1 atom stereocenters. The number of nitrogens with one attached hydrogen (secondary N) is 1. The second-order valence-electron chi connectivity index (χ2n) is 4.60. The molecule has 24 heavy (non-hydrogen) atoms. The fourth-order valence-electron chi connectivity index (χ4n) is 1.67. The number of hydrogen-bond acceptors (Lipinski definition) is 6. The Bertz CT molecular complexity index is 666. The lowest BCUT2D eigenvalue weighted by atomic mass is 10.1. The van der Waals surface area contributed by atoms with Crippen molar-refractivity contribution < 1.29 is 39.6 Å². The maximum Gasteiger partial charge on any atom is 0.354 e. The number of pyridine rings is 1. The molecule has 1 aromatic rings. The molecule has 0 aliphatic carbocycles. The summed E-state index contributed by atoms with van der Waals surface area (Å²) in [4.78, 5) is 46.7. The van der Waals surface area contributed by atoms with Crippen LogP contribution in [0.4, 0.5) is 0 Å². The van der Waals surface area contributed by atoms with Gasteiger partial charge in [-0.2, -0.15) is 0 Å². The van der Waals surface area contributed by atoms with Crippen LogP contribution in [0.15, 0.2) is 18.3 Å². The van der Waals surface area contributed by atoms with Crippen LogP contribution in [0, 0.1) is 0 Å². The summed E-state index contributed by atoms with van der Waals surface area (Å²) in [6, 6.07) is 1.07. The van der Waals surface area contributed by atoms with E-state index in [1.807, 2.05) is 0 Å². The van der Waals surface area contributed by atoms with Crippen molar-refractivity contribution >= 4 is 30.0 Å². The summed E-state index contributed by atoms with van der Waals surface area (Å²) in [5.41, 5.74) is -0.778. The quantitative estimate of drug-likeness (QED) is 0.422. The molecule has 1 aromatic heterocycles. The van der Waals surface area contributed by atoms with Crippen LogP contribution in [0.3, 0.4) is 0 Å². The molecule has 5 N–H and O–H groups in total. The minimum absolute atomic E-state index is 0.161. The number of carbonyl (C=O) groups is 4. The smallest absolute Gasteiger partial charge is 0.354 e. The van der Waals surface area contributed by atoms with Crippen molar-refractivity contribution in [2.75, 3.05) is 0 Å². The Hall–Kier alpha value is -3.43. The van der Waals surface area contributed by atoms with E-state index in [1.165, 1.54) is 12.3 Å². The van der Waals surface area contributed by atoms with Crippen LogP contribution in [-0.2, 0) is 9.59 Å². The molecule has 0 saturated heterocycles. The minimum atomic E-state index is -1.41. The van der Waals surface area contributed by atoms with E-state index in [-0.39, 0.29) is 18.4 Å². The summed E-state index contributed by atoms with van der Waals surface area (Å²) >= 11 is 0. The Morgan fingerprint density at radius 3 is 2.00 bits per heavy atom. The van der Waals surface area contributed by atoms with Gasteiger partial charge in [0.05, 0.1) is 0 Å². The van der Waals surface area contributed by atoms with Gasteiger partial charge in [0.1, 0.15) is 17.4 Å². The van der Waals surface area contributed by atoms with Crippen molar-refractivity contribution in [3.8, 4) is 0 Å². The highest BCUT2D eigenvalue weighted by Gasteiger charge is 2.17. The summed E-state index contributed by atoms with van der Waals surface area (Å²) < 4.78 is 0. The third kappa shape index (κ3) is 5.75. The fourth-order valence-corrected chi connectivity index (χ4v) is 1.67. The Morgan fingerprint density at radius 2 is 1.58 bits per heavy atom. The number of nitrogens with zero attached hydrogens (tertiary/aromatic N) is 1. The number of aromatic carboxylic acids is 2. The zero-order valence-electron chi connectivity index (χ0n) is 12.2. The highest BCUT2D eigenvalue weighted by Crippen LogP contribution is 2.09. The number of carboxylic acid groups (broad SMARTS) is 4. The van der Waals surface area contributed by atoms with E-state index in [0.717, 1.165) is 12.1 Å². The normalized spacial score (nSPS) is 11.8. The maximum atomic E-state index is 11.0. The van der Waals surface area contributed by atoms with Gasteiger partial charge in [-0.3, -0.25) is 4.79 Å². The van der Waals surface area contributed by atoms with Crippen LogP contribution in [0.5, 0.6) is 0 Å². The Labute approximate surface area is 135 Å². The monoisotopic (exact) mass is 338 g/mol. The average molecular weight is 338 g/mol. The first-order chi connectivity index (χ1) is 11.2. The molecule has 0 radical (unpaired) electrons. The number of aromatic nitrogens is 1. The molecule has 10 nitrogen and oxygen atoms in total. The predicted octanol–water partition coefficient (Wildman–Crippen LogP) is 0.356. The molecule has 128 valence electrons. The molecule has 0 amide bonds. The molecule has 0 aliphatic rings. The molecule has 0 aliphatic heterocycles. The van der Waals surface area contributed by atoms with Gasteiger partial charge in [0.2, 0.25) is 0 Å². The molecule has 0 fully saturated rings. The van der Waals surface area contributed by atoms with Gasteiger partial charge in [0, 0.05) is 6.42 Å². The molecule has 0 aromatic carbocycles. The first-order valence-corrected chi connectivity index (χ1v) is 6.56. The van der Waals surface area contributed by atoms with E-state index < -0.39 is 41.3 Å². The second-order valence-corrected chi connectivity index (χ2v) is 4.60. The largest absolute Gasteiger partial charge is 0.481 e. The summed E-state index contributed by atoms with van der Waals surface area (Å²) in [7, 11) is 0. The van der Waals surface area contributed by atoms with E-state index in [0.29, 0.717) is 0 Å². The molecule has 1 heterocycles. The average Bonchev–Trinajstić information content (AvgIpc) is 2.49. The van der Waals surface area contributed by atoms with Gasteiger partial charge in [0.25, 0.3) is 0 Å². The van der Waals surface area contributed by atoms with Gasteiger partial charge in [-0.1, -0.05) is 0 Å². The van der Waals surface area contributed by atoms with Gasteiger partial charge in [-0.05, 0) is 36.4 Å². The highest BCUT2D eigenvalue weighted by molar-refractivity contribution is 5.91. The Kier molecular flexibility index (Phi) is 6.41. The molecular weight excluding hydrogens is 324 g/mol. The number of carboxylic acids is 4. The fraction of sp³-hybridized carbons (Fsp3) is 0.214. The Morgan fingerprint density at radius 1 is 1.04 bits per heavy atom. The SMILES string of the molecule is O=C(O)CC[C@@H](NC=Cc1cc(C(=O)O)nc(C(=O)O)c1)C(=O)O. The third-order valence-electron chi connectivity index (χ3n) is 2.80. The standard InChI is InChI=1S/C14H14N2O8/c17-11(18)2-1-8(12(19)20)15-4-3-7-5-9(13(21)22)16-10(6-7)14(23)24/h3-6,8,15H,1-2H2,(H,17,18)(H,19,20)(H,21,22)(H,23,24)/t8-/m1/s1. The van der Waals surface area contributed by atoms with Crippen LogP contribution in [-0.4, -0.2) is 55.3 Å². The van der Waals surface area contributed by atoms with Crippen LogP contribution < -0.4 is 5.32 Å². The lowest BCUT2D eigenvalue weighted by Crippen LogP contribution is -2.33. The van der Waals surface area contributed by atoms with Gasteiger partial charge < -0.3 is 25.7 Å². The lowest BCUT2D eigenvalue weighted by molar-refractivity contribution is -0.140. The van der Waals surface area contributed by atoms with Gasteiger partial charge in [-0.15, -0.1) is 0 Å². The third-order valence-corrected chi connectivity index (χ3v) is 2.80. The topological polar surface area (TPSA) is 174 Å². The molecule has 0 bridgehead atoms. The number of hydrogen-bond donors (Lipinski definition) is 5. The van der Waals surface area contributed by atoms with Gasteiger partial charge in [0.15, 0.2) is 0 Å². The maximum absolute atomic E-state index is 11.0. The van der Waals surface area contributed by atoms with Crippen molar-refractivity contribution in [2.45, 2.75) is 18.9 Å². The van der Waals surface area contributed by atoms with Crippen molar-refractivity contribution in [2.24, 2.45) is 0 Å². The first kappa shape index (κ1) is 18.6. The van der Waals surface area contributed by atoms with Crippen LogP contribution in [0.2, 0.25) is 0 Å². The van der Waals surface area contributed by atoms with E-state index in [4.69, 9.17) is 20.4 Å². The molecule has 0 saturated carbocycles.